The fourth-order valence-electron chi connectivity index (χ4n) is 2.54. The molecule has 0 aliphatic carbocycles. The van der Waals surface area contributed by atoms with Gasteiger partial charge in [-0.3, -0.25) is 0 Å². The van der Waals surface area contributed by atoms with Crippen LogP contribution in [0.1, 0.15) is 12.8 Å². The summed E-state index contributed by atoms with van der Waals surface area (Å²) < 4.78 is 7.41. The van der Waals surface area contributed by atoms with E-state index in [1.165, 1.54) is 0 Å². The summed E-state index contributed by atoms with van der Waals surface area (Å²) in [4.78, 5) is 4.63. The van der Waals surface area contributed by atoms with E-state index in [2.05, 4.69) is 10.3 Å². The molecule has 0 saturated carbocycles. The average Bonchev–Trinajstić information content (AvgIpc) is 2.79. The molecule has 1 fully saturated rings. The minimum absolute atomic E-state index is 0.114. The summed E-state index contributed by atoms with van der Waals surface area (Å²) in [6, 6.07) is 8.42. The average molecular weight is 261 g/mol. The van der Waals surface area contributed by atoms with E-state index < -0.39 is 0 Å². The molecule has 2 aromatic rings. The quantitative estimate of drug-likeness (QED) is 0.878. The number of nitrogens with one attached hydrogen (secondary N) is 1. The number of nitrogens with zero attached hydrogens (tertiary/aromatic N) is 2. The van der Waals surface area contributed by atoms with Gasteiger partial charge in [-0.2, -0.15) is 0 Å². The molecule has 5 heteroatoms. The van der Waals surface area contributed by atoms with E-state index in [1.54, 1.807) is 0 Å². The molecule has 5 nitrogen and oxygen atoms in total. The Morgan fingerprint density at radius 1 is 1.32 bits per heavy atom. The van der Waals surface area contributed by atoms with Gasteiger partial charge in [-0.25, -0.2) is 4.98 Å². The summed E-state index contributed by atoms with van der Waals surface area (Å²) in [7, 11) is 0. The Balaban J connectivity index is 1.90. The standard InChI is InChI=1S/C14H19N3O2/c18-8-7-17-13-4-2-1-3-12(13)16-14(17)15-11-5-9-19-10-6-11/h1-4,11,18H,5-10H2,(H,15,16). The molecule has 1 aromatic heterocycles. The minimum atomic E-state index is 0.114. The first-order valence-electron chi connectivity index (χ1n) is 6.79. The van der Waals surface area contributed by atoms with Gasteiger partial charge in [-0.05, 0) is 25.0 Å². The van der Waals surface area contributed by atoms with Crippen molar-refractivity contribution < 1.29 is 9.84 Å². The van der Waals surface area contributed by atoms with Gasteiger partial charge in [0.15, 0.2) is 0 Å². The lowest BCUT2D eigenvalue weighted by Gasteiger charge is -2.24. The minimum Gasteiger partial charge on any atom is -0.395 e. The second-order valence-corrected chi connectivity index (χ2v) is 4.83. The second kappa shape index (κ2) is 5.59. The van der Waals surface area contributed by atoms with Crippen molar-refractivity contribution in [1.29, 1.82) is 0 Å². The Labute approximate surface area is 112 Å². The molecule has 0 unspecified atom stereocenters. The van der Waals surface area contributed by atoms with Crippen LogP contribution in [0.4, 0.5) is 5.95 Å². The summed E-state index contributed by atoms with van der Waals surface area (Å²) in [5.74, 6) is 0.849. The van der Waals surface area contributed by atoms with E-state index >= 15 is 0 Å². The predicted molar refractivity (Wildman–Crippen MR) is 74.3 cm³/mol. The molecule has 0 bridgehead atoms. The number of benzene rings is 1. The summed E-state index contributed by atoms with van der Waals surface area (Å²) in [5, 5.41) is 12.7. The van der Waals surface area contributed by atoms with Crippen molar-refractivity contribution >= 4 is 17.0 Å². The summed E-state index contributed by atoms with van der Waals surface area (Å²) >= 11 is 0. The van der Waals surface area contributed by atoms with Crippen LogP contribution in [0.25, 0.3) is 11.0 Å². The lowest BCUT2D eigenvalue weighted by atomic mass is 10.1. The van der Waals surface area contributed by atoms with Crippen molar-refractivity contribution in [3.05, 3.63) is 24.3 Å². The Kier molecular flexibility index (Phi) is 3.66. The molecule has 1 saturated heterocycles. The number of hydrogen-bond donors (Lipinski definition) is 2. The third kappa shape index (κ3) is 2.57. The van der Waals surface area contributed by atoms with Gasteiger partial charge in [0.1, 0.15) is 0 Å². The third-order valence-corrected chi connectivity index (χ3v) is 3.53. The van der Waals surface area contributed by atoms with Crippen LogP contribution >= 0.6 is 0 Å². The van der Waals surface area contributed by atoms with Crippen molar-refractivity contribution in [3.8, 4) is 0 Å². The van der Waals surface area contributed by atoms with Gasteiger partial charge in [0, 0.05) is 25.8 Å². The van der Waals surface area contributed by atoms with Crippen molar-refractivity contribution in [2.45, 2.75) is 25.4 Å². The van der Waals surface area contributed by atoms with Gasteiger partial charge in [-0.1, -0.05) is 12.1 Å². The van der Waals surface area contributed by atoms with E-state index in [9.17, 15) is 5.11 Å². The smallest absolute Gasteiger partial charge is 0.204 e. The maximum atomic E-state index is 9.23. The predicted octanol–water partition coefficient (Wildman–Crippen LogP) is 1.62. The van der Waals surface area contributed by atoms with Gasteiger partial charge in [-0.15, -0.1) is 0 Å². The maximum Gasteiger partial charge on any atom is 0.204 e. The molecular weight excluding hydrogens is 242 g/mol. The molecule has 2 heterocycles. The second-order valence-electron chi connectivity index (χ2n) is 4.83. The van der Waals surface area contributed by atoms with Gasteiger partial charge in [0.05, 0.1) is 17.6 Å². The van der Waals surface area contributed by atoms with Gasteiger partial charge < -0.3 is 19.7 Å². The van der Waals surface area contributed by atoms with Crippen LogP contribution in [-0.4, -0.2) is 40.5 Å². The number of aliphatic hydroxyl groups is 1. The summed E-state index contributed by atoms with van der Waals surface area (Å²) in [6.45, 7) is 2.28. The summed E-state index contributed by atoms with van der Waals surface area (Å²) in [5.41, 5.74) is 2.02. The highest BCUT2D eigenvalue weighted by molar-refractivity contribution is 5.78. The van der Waals surface area contributed by atoms with Crippen LogP contribution in [0.3, 0.4) is 0 Å². The molecule has 19 heavy (non-hydrogen) atoms. The molecule has 2 N–H and O–H groups in total. The highest BCUT2D eigenvalue weighted by atomic mass is 16.5. The molecule has 0 radical (unpaired) electrons. The lowest BCUT2D eigenvalue weighted by Crippen LogP contribution is -2.29. The molecule has 102 valence electrons. The molecule has 1 aromatic carbocycles. The first-order valence-corrected chi connectivity index (χ1v) is 6.79. The number of rotatable bonds is 4. The van der Waals surface area contributed by atoms with Gasteiger partial charge in [0.25, 0.3) is 0 Å². The zero-order valence-electron chi connectivity index (χ0n) is 10.9. The first kappa shape index (κ1) is 12.4. The monoisotopic (exact) mass is 261 g/mol. The van der Waals surface area contributed by atoms with E-state index in [0.29, 0.717) is 12.6 Å². The molecule has 0 amide bonds. The molecule has 3 rings (SSSR count). The zero-order chi connectivity index (χ0) is 13.1. The molecular formula is C14H19N3O2. The fourth-order valence-corrected chi connectivity index (χ4v) is 2.54. The fraction of sp³-hybridized carbons (Fsp3) is 0.500. The van der Waals surface area contributed by atoms with Crippen LogP contribution in [0.15, 0.2) is 24.3 Å². The Bertz CT molecular complexity index is 547. The number of aliphatic hydroxyl groups excluding tert-OH is 1. The van der Waals surface area contributed by atoms with Crippen LogP contribution in [-0.2, 0) is 11.3 Å². The van der Waals surface area contributed by atoms with Crippen molar-refractivity contribution in [1.82, 2.24) is 9.55 Å². The number of fused-ring (bicyclic) bond motifs is 1. The van der Waals surface area contributed by atoms with E-state index in [0.717, 1.165) is 43.0 Å². The molecule has 0 spiro atoms. The van der Waals surface area contributed by atoms with Crippen molar-refractivity contribution in [2.75, 3.05) is 25.1 Å². The highest BCUT2D eigenvalue weighted by Gasteiger charge is 2.17. The number of aromatic nitrogens is 2. The molecule has 1 aliphatic rings. The Hall–Kier alpha value is -1.59. The van der Waals surface area contributed by atoms with E-state index in [4.69, 9.17) is 4.74 Å². The first-order chi connectivity index (χ1) is 9.38. The number of ether oxygens (including phenoxy) is 1. The van der Waals surface area contributed by atoms with E-state index in [1.807, 2.05) is 28.8 Å². The largest absolute Gasteiger partial charge is 0.395 e. The number of hydrogen-bond acceptors (Lipinski definition) is 4. The SMILES string of the molecule is OCCn1c(NC2CCOCC2)nc2ccccc21. The van der Waals surface area contributed by atoms with Gasteiger partial charge >= 0.3 is 0 Å². The van der Waals surface area contributed by atoms with Gasteiger partial charge in [0.2, 0.25) is 5.95 Å². The normalized spacial score (nSPS) is 16.9. The van der Waals surface area contributed by atoms with Crippen LogP contribution in [0.2, 0.25) is 0 Å². The maximum absolute atomic E-state index is 9.23. The topological polar surface area (TPSA) is 59.3 Å². The molecule has 0 atom stereocenters. The van der Waals surface area contributed by atoms with E-state index in [-0.39, 0.29) is 6.61 Å². The Morgan fingerprint density at radius 2 is 2.11 bits per heavy atom. The van der Waals surface area contributed by atoms with Crippen molar-refractivity contribution in [2.24, 2.45) is 0 Å². The number of para-hydroxylation sites is 2. The number of anilines is 1. The number of imidazole rings is 1. The Morgan fingerprint density at radius 3 is 2.89 bits per heavy atom. The highest BCUT2D eigenvalue weighted by Crippen LogP contribution is 2.21. The van der Waals surface area contributed by atoms with Crippen LogP contribution in [0, 0.1) is 0 Å². The van der Waals surface area contributed by atoms with Crippen LogP contribution < -0.4 is 5.32 Å². The third-order valence-electron chi connectivity index (χ3n) is 3.53. The zero-order valence-corrected chi connectivity index (χ0v) is 10.9. The van der Waals surface area contributed by atoms with Crippen LogP contribution in [0.5, 0.6) is 0 Å². The van der Waals surface area contributed by atoms with Crippen molar-refractivity contribution in [3.63, 3.8) is 0 Å². The summed E-state index contributed by atoms with van der Waals surface area (Å²) in [6.07, 6.45) is 2.00. The molecule has 1 aliphatic heterocycles. The lowest BCUT2D eigenvalue weighted by molar-refractivity contribution is 0.0902.